The van der Waals surface area contributed by atoms with E-state index in [0.717, 1.165) is 5.56 Å². The molecule has 1 atom stereocenters. The summed E-state index contributed by atoms with van der Waals surface area (Å²) >= 11 is 0. The standard InChI is InChI=1S/C11H20N4O2/c1-9(8-17-3)14-11(16)6-12-4-10-5-13-15(2)7-10/h5,7,9,12H,4,6,8H2,1-3H3,(H,14,16). The summed E-state index contributed by atoms with van der Waals surface area (Å²) in [5.41, 5.74) is 1.06. The molecule has 1 heterocycles. The van der Waals surface area contributed by atoms with Crippen LogP contribution in [0.15, 0.2) is 12.4 Å². The van der Waals surface area contributed by atoms with Crippen molar-refractivity contribution in [3.63, 3.8) is 0 Å². The van der Waals surface area contributed by atoms with Gasteiger partial charge in [0.2, 0.25) is 5.91 Å². The van der Waals surface area contributed by atoms with Crippen LogP contribution in [0.3, 0.4) is 0 Å². The summed E-state index contributed by atoms with van der Waals surface area (Å²) < 4.78 is 6.67. The van der Waals surface area contributed by atoms with Crippen molar-refractivity contribution in [3.05, 3.63) is 18.0 Å². The summed E-state index contributed by atoms with van der Waals surface area (Å²) in [6.45, 7) is 3.36. The molecular formula is C11H20N4O2. The van der Waals surface area contributed by atoms with Crippen LogP contribution in [-0.2, 0) is 23.1 Å². The Hall–Kier alpha value is -1.40. The van der Waals surface area contributed by atoms with Gasteiger partial charge in [-0.2, -0.15) is 5.10 Å². The van der Waals surface area contributed by atoms with Crippen LogP contribution in [0, 0.1) is 0 Å². The monoisotopic (exact) mass is 240 g/mol. The first-order chi connectivity index (χ1) is 8.11. The van der Waals surface area contributed by atoms with Crippen molar-refractivity contribution in [1.29, 1.82) is 0 Å². The number of aryl methyl sites for hydroxylation is 1. The Morgan fingerprint density at radius 1 is 1.65 bits per heavy atom. The van der Waals surface area contributed by atoms with Gasteiger partial charge >= 0.3 is 0 Å². The van der Waals surface area contributed by atoms with Crippen LogP contribution in [-0.4, -0.2) is 42.0 Å². The molecule has 1 amide bonds. The minimum absolute atomic E-state index is 0.0292. The largest absolute Gasteiger partial charge is 0.383 e. The first-order valence-electron chi connectivity index (χ1n) is 5.58. The molecule has 0 aliphatic carbocycles. The second-order valence-electron chi connectivity index (χ2n) is 4.05. The van der Waals surface area contributed by atoms with Gasteiger partial charge in [0.1, 0.15) is 0 Å². The van der Waals surface area contributed by atoms with E-state index >= 15 is 0 Å². The van der Waals surface area contributed by atoms with Crippen LogP contribution in [0.4, 0.5) is 0 Å². The molecular weight excluding hydrogens is 220 g/mol. The van der Waals surface area contributed by atoms with Crippen LogP contribution < -0.4 is 10.6 Å². The lowest BCUT2D eigenvalue weighted by molar-refractivity contribution is -0.121. The molecule has 1 unspecified atom stereocenters. The average molecular weight is 240 g/mol. The zero-order valence-corrected chi connectivity index (χ0v) is 10.6. The SMILES string of the molecule is COCC(C)NC(=O)CNCc1cnn(C)c1. The lowest BCUT2D eigenvalue weighted by atomic mass is 10.3. The van der Waals surface area contributed by atoms with Crippen molar-refractivity contribution in [3.8, 4) is 0 Å². The van der Waals surface area contributed by atoms with Crippen molar-refractivity contribution >= 4 is 5.91 Å². The summed E-state index contributed by atoms with van der Waals surface area (Å²) in [6, 6.07) is 0.0349. The molecule has 1 rings (SSSR count). The Kier molecular flexibility index (Phi) is 5.65. The smallest absolute Gasteiger partial charge is 0.234 e. The predicted octanol–water partition coefficient (Wildman–Crippen LogP) is -0.339. The van der Waals surface area contributed by atoms with E-state index in [2.05, 4.69) is 15.7 Å². The fourth-order valence-corrected chi connectivity index (χ4v) is 1.50. The highest BCUT2D eigenvalue weighted by Crippen LogP contribution is 1.94. The molecule has 0 aromatic carbocycles. The Labute approximate surface area is 101 Å². The number of ether oxygens (including phenoxy) is 1. The molecule has 0 radical (unpaired) electrons. The molecule has 0 spiro atoms. The maximum atomic E-state index is 11.5. The topological polar surface area (TPSA) is 68.2 Å². The van der Waals surface area contributed by atoms with Gasteiger partial charge < -0.3 is 15.4 Å². The highest BCUT2D eigenvalue weighted by atomic mass is 16.5. The molecule has 6 heteroatoms. The van der Waals surface area contributed by atoms with Crippen LogP contribution >= 0.6 is 0 Å². The quantitative estimate of drug-likeness (QED) is 0.684. The maximum Gasteiger partial charge on any atom is 0.234 e. The summed E-state index contributed by atoms with van der Waals surface area (Å²) in [6.07, 6.45) is 3.69. The van der Waals surface area contributed by atoms with Crippen LogP contribution in [0.5, 0.6) is 0 Å². The third kappa shape index (κ3) is 5.46. The highest BCUT2D eigenvalue weighted by Gasteiger charge is 2.06. The fourth-order valence-electron chi connectivity index (χ4n) is 1.50. The molecule has 2 N–H and O–H groups in total. The number of hydrogen-bond acceptors (Lipinski definition) is 4. The molecule has 0 saturated carbocycles. The number of amides is 1. The Morgan fingerprint density at radius 3 is 3.00 bits per heavy atom. The van der Waals surface area contributed by atoms with E-state index in [-0.39, 0.29) is 11.9 Å². The van der Waals surface area contributed by atoms with Gasteiger partial charge in [0, 0.05) is 38.5 Å². The lowest BCUT2D eigenvalue weighted by Gasteiger charge is -2.12. The maximum absolute atomic E-state index is 11.5. The van der Waals surface area contributed by atoms with Gasteiger partial charge in [0.05, 0.1) is 19.3 Å². The van der Waals surface area contributed by atoms with Gasteiger partial charge in [0.25, 0.3) is 0 Å². The van der Waals surface area contributed by atoms with Crippen molar-refractivity contribution in [2.45, 2.75) is 19.5 Å². The van der Waals surface area contributed by atoms with E-state index in [1.165, 1.54) is 0 Å². The molecule has 6 nitrogen and oxygen atoms in total. The second kappa shape index (κ2) is 7.03. The van der Waals surface area contributed by atoms with E-state index < -0.39 is 0 Å². The number of aromatic nitrogens is 2. The number of nitrogens with zero attached hydrogens (tertiary/aromatic N) is 2. The Balaban J connectivity index is 2.16. The number of carbonyl (C=O) groups is 1. The third-order valence-corrected chi connectivity index (χ3v) is 2.20. The first kappa shape index (κ1) is 13.7. The molecule has 0 aliphatic rings. The number of methoxy groups -OCH3 is 1. The summed E-state index contributed by atoms with van der Waals surface area (Å²) in [4.78, 5) is 11.5. The van der Waals surface area contributed by atoms with Crippen molar-refractivity contribution < 1.29 is 9.53 Å². The zero-order chi connectivity index (χ0) is 12.7. The van der Waals surface area contributed by atoms with E-state index in [9.17, 15) is 4.79 Å². The predicted molar refractivity (Wildman–Crippen MR) is 64.4 cm³/mol. The molecule has 17 heavy (non-hydrogen) atoms. The number of carbonyl (C=O) groups excluding carboxylic acids is 1. The summed E-state index contributed by atoms with van der Waals surface area (Å²) in [5, 5.41) is 9.93. The lowest BCUT2D eigenvalue weighted by Crippen LogP contribution is -2.40. The Morgan fingerprint density at radius 2 is 2.41 bits per heavy atom. The number of rotatable bonds is 7. The summed E-state index contributed by atoms with van der Waals surface area (Å²) in [5.74, 6) is -0.0292. The molecule has 0 aliphatic heterocycles. The normalized spacial score (nSPS) is 12.4. The summed E-state index contributed by atoms with van der Waals surface area (Å²) in [7, 11) is 3.48. The van der Waals surface area contributed by atoms with Crippen LogP contribution in [0.1, 0.15) is 12.5 Å². The minimum atomic E-state index is -0.0292. The second-order valence-corrected chi connectivity index (χ2v) is 4.05. The zero-order valence-electron chi connectivity index (χ0n) is 10.6. The number of hydrogen-bond donors (Lipinski definition) is 2. The van der Waals surface area contributed by atoms with E-state index in [0.29, 0.717) is 19.7 Å². The molecule has 0 bridgehead atoms. The van der Waals surface area contributed by atoms with Gasteiger partial charge in [-0.3, -0.25) is 9.48 Å². The van der Waals surface area contributed by atoms with Crippen molar-refractivity contribution in [1.82, 2.24) is 20.4 Å². The minimum Gasteiger partial charge on any atom is -0.383 e. The molecule has 0 fully saturated rings. The first-order valence-corrected chi connectivity index (χ1v) is 5.58. The van der Waals surface area contributed by atoms with Gasteiger partial charge in [-0.25, -0.2) is 0 Å². The van der Waals surface area contributed by atoms with Crippen LogP contribution in [0.25, 0.3) is 0 Å². The van der Waals surface area contributed by atoms with Crippen LogP contribution in [0.2, 0.25) is 0 Å². The van der Waals surface area contributed by atoms with Gasteiger partial charge in [-0.05, 0) is 6.92 Å². The molecule has 1 aromatic heterocycles. The Bertz CT molecular complexity index is 351. The highest BCUT2D eigenvalue weighted by molar-refractivity contribution is 5.78. The van der Waals surface area contributed by atoms with Gasteiger partial charge in [-0.1, -0.05) is 0 Å². The van der Waals surface area contributed by atoms with E-state index in [1.807, 2.05) is 20.2 Å². The molecule has 1 aromatic rings. The van der Waals surface area contributed by atoms with E-state index in [4.69, 9.17) is 4.74 Å². The molecule has 0 saturated heterocycles. The van der Waals surface area contributed by atoms with Gasteiger partial charge in [-0.15, -0.1) is 0 Å². The van der Waals surface area contributed by atoms with Crippen molar-refractivity contribution in [2.75, 3.05) is 20.3 Å². The fraction of sp³-hybridized carbons (Fsp3) is 0.636. The number of nitrogens with one attached hydrogen (secondary N) is 2. The van der Waals surface area contributed by atoms with Crippen molar-refractivity contribution in [2.24, 2.45) is 7.05 Å². The third-order valence-electron chi connectivity index (χ3n) is 2.20. The van der Waals surface area contributed by atoms with Gasteiger partial charge in [0.15, 0.2) is 0 Å². The van der Waals surface area contributed by atoms with E-state index in [1.54, 1.807) is 18.0 Å². The molecule has 96 valence electrons. The average Bonchev–Trinajstić information content (AvgIpc) is 2.64.